The number of carboxylic acids is 1. The molecule has 1 saturated carbocycles. The Kier molecular flexibility index (Phi) is 4.32. The molecule has 0 bridgehead atoms. The Labute approximate surface area is 129 Å². The van der Waals surface area contributed by atoms with Crippen LogP contribution in [0.5, 0.6) is 5.75 Å². The second kappa shape index (κ2) is 6.38. The number of carboxylic acid groups (broad SMARTS) is 1. The molecule has 2 aliphatic rings. The van der Waals surface area contributed by atoms with Gasteiger partial charge in [0.1, 0.15) is 11.9 Å². The third-order valence-electron chi connectivity index (χ3n) is 4.71. The molecule has 0 spiro atoms. The summed E-state index contributed by atoms with van der Waals surface area (Å²) in [5.74, 6) is -0.768. The molecule has 3 rings (SSSR count). The first kappa shape index (κ1) is 14.9. The monoisotopic (exact) mass is 303 g/mol. The Bertz CT molecular complexity index is 537. The number of hydrogen-bond acceptors (Lipinski definition) is 3. The van der Waals surface area contributed by atoms with Crippen molar-refractivity contribution in [2.45, 2.75) is 31.8 Å². The van der Waals surface area contributed by atoms with Crippen LogP contribution >= 0.6 is 0 Å². The van der Waals surface area contributed by atoms with Gasteiger partial charge in [0.05, 0.1) is 11.8 Å². The van der Waals surface area contributed by atoms with Crippen molar-refractivity contribution >= 4 is 11.9 Å². The standard InChI is InChI=1S/C17H21NO4/c19-16(14-6-7-15(14)17(20)21)18-10-8-13(9-11-18)22-12-4-2-1-3-5-12/h1-5,13-15H,6-11H2,(H,20,21). The average molecular weight is 303 g/mol. The number of likely N-dealkylation sites (tertiary alicyclic amines) is 1. The first-order valence-corrected chi connectivity index (χ1v) is 7.88. The van der Waals surface area contributed by atoms with E-state index in [1.165, 1.54) is 0 Å². The topological polar surface area (TPSA) is 66.8 Å². The maximum absolute atomic E-state index is 12.4. The molecule has 2 fully saturated rings. The molecule has 2 unspecified atom stereocenters. The number of nitrogens with zero attached hydrogens (tertiary/aromatic N) is 1. The second-order valence-corrected chi connectivity index (χ2v) is 6.08. The predicted molar refractivity (Wildman–Crippen MR) is 80.5 cm³/mol. The van der Waals surface area contributed by atoms with Crippen LogP contribution in [0.15, 0.2) is 30.3 Å². The van der Waals surface area contributed by atoms with E-state index in [0.717, 1.165) is 18.6 Å². The van der Waals surface area contributed by atoms with Crippen molar-refractivity contribution in [3.05, 3.63) is 30.3 Å². The molecule has 5 nitrogen and oxygen atoms in total. The zero-order chi connectivity index (χ0) is 15.5. The normalized spacial score (nSPS) is 25.4. The van der Waals surface area contributed by atoms with E-state index in [4.69, 9.17) is 9.84 Å². The van der Waals surface area contributed by atoms with Crippen molar-refractivity contribution in [3.8, 4) is 5.75 Å². The molecule has 0 aromatic heterocycles. The Balaban J connectivity index is 1.49. The van der Waals surface area contributed by atoms with E-state index in [9.17, 15) is 9.59 Å². The van der Waals surface area contributed by atoms with Crippen LogP contribution in [-0.4, -0.2) is 41.1 Å². The number of rotatable bonds is 4. The molecule has 1 N–H and O–H groups in total. The lowest BCUT2D eigenvalue weighted by Crippen LogP contribution is -2.49. The highest BCUT2D eigenvalue weighted by Gasteiger charge is 2.43. The summed E-state index contributed by atoms with van der Waals surface area (Å²) in [6.07, 6.45) is 3.05. The molecule has 1 aliphatic heterocycles. The van der Waals surface area contributed by atoms with Crippen LogP contribution in [0.25, 0.3) is 0 Å². The van der Waals surface area contributed by atoms with Crippen LogP contribution in [-0.2, 0) is 9.59 Å². The summed E-state index contributed by atoms with van der Waals surface area (Å²) in [5.41, 5.74) is 0. The number of benzene rings is 1. The van der Waals surface area contributed by atoms with Crippen molar-refractivity contribution in [2.24, 2.45) is 11.8 Å². The molecular formula is C17H21NO4. The van der Waals surface area contributed by atoms with Gasteiger partial charge in [0.15, 0.2) is 0 Å². The summed E-state index contributed by atoms with van der Waals surface area (Å²) < 4.78 is 5.91. The van der Waals surface area contributed by atoms with Crippen LogP contribution < -0.4 is 4.74 Å². The summed E-state index contributed by atoms with van der Waals surface area (Å²) in [7, 11) is 0. The molecule has 1 aromatic rings. The summed E-state index contributed by atoms with van der Waals surface area (Å²) in [5, 5.41) is 9.07. The number of ether oxygens (including phenoxy) is 1. The Morgan fingerprint density at radius 3 is 2.18 bits per heavy atom. The number of carbonyl (C=O) groups excluding carboxylic acids is 1. The summed E-state index contributed by atoms with van der Waals surface area (Å²) >= 11 is 0. The highest BCUT2D eigenvalue weighted by atomic mass is 16.5. The SMILES string of the molecule is O=C(O)C1CCC1C(=O)N1CCC(Oc2ccccc2)CC1. The minimum Gasteiger partial charge on any atom is -0.490 e. The van der Waals surface area contributed by atoms with Crippen LogP contribution in [0.3, 0.4) is 0 Å². The number of hydrogen-bond donors (Lipinski definition) is 1. The van der Waals surface area contributed by atoms with Crippen LogP contribution in [0, 0.1) is 11.8 Å². The fourth-order valence-electron chi connectivity index (χ4n) is 3.21. The smallest absolute Gasteiger partial charge is 0.307 e. The highest BCUT2D eigenvalue weighted by molar-refractivity contribution is 5.86. The third kappa shape index (κ3) is 3.08. The van der Waals surface area contributed by atoms with Crippen molar-refractivity contribution < 1.29 is 19.4 Å². The quantitative estimate of drug-likeness (QED) is 0.925. The van der Waals surface area contributed by atoms with Gasteiger partial charge in [-0.05, 0) is 25.0 Å². The van der Waals surface area contributed by atoms with E-state index in [2.05, 4.69) is 0 Å². The van der Waals surface area contributed by atoms with Gasteiger partial charge in [-0.2, -0.15) is 0 Å². The lowest BCUT2D eigenvalue weighted by molar-refractivity contribution is -0.157. The van der Waals surface area contributed by atoms with Crippen molar-refractivity contribution in [3.63, 3.8) is 0 Å². The molecule has 5 heteroatoms. The van der Waals surface area contributed by atoms with Gasteiger partial charge in [0.2, 0.25) is 5.91 Å². The fourth-order valence-corrected chi connectivity index (χ4v) is 3.21. The fraction of sp³-hybridized carbons (Fsp3) is 0.529. The summed E-state index contributed by atoms with van der Waals surface area (Å²) in [4.78, 5) is 25.2. The predicted octanol–water partition coefficient (Wildman–Crippen LogP) is 2.17. The Morgan fingerprint density at radius 1 is 1.00 bits per heavy atom. The second-order valence-electron chi connectivity index (χ2n) is 6.08. The van der Waals surface area contributed by atoms with E-state index >= 15 is 0 Å². The Hall–Kier alpha value is -2.04. The third-order valence-corrected chi connectivity index (χ3v) is 4.71. The maximum Gasteiger partial charge on any atom is 0.307 e. The first-order chi connectivity index (χ1) is 10.6. The van der Waals surface area contributed by atoms with Gasteiger partial charge in [0, 0.05) is 25.9 Å². The lowest BCUT2D eigenvalue weighted by atomic mass is 9.72. The molecule has 2 atom stereocenters. The van der Waals surface area contributed by atoms with E-state index in [1.807, 2.05) is 35.2 Å². The zero-order valence-corrected chi connectivity index (χ0v) is 12.5. The average Bonchev–Trinajstić information content (AvgIpc) is 2.47. The number of piperidine rings is 1. The van der Waals surface area contributed by atoms with Gasteiger partial charge in [-0.1, -0.05) is 18.2 Å². The minimum atomic E-state index is -0.841. The molecule has 22 heavy (non-hydrogen) atoms. The molecular weight excluding hydrogens is 282 g/mol. The van der Waals surface area contributed by atoms with E-state index < -0.39 is 11.9 Å². The molecule has 1 aliphatic carbocycles. The van der Waals surface area contributed by atoms with Crippen LogP contribution in [0.2, 0.25) is 0 Å². The van der Waals surface area contributed by atoms with E-state index in [0.29, 0.717) is 25.9 Å². The van der Waals surface area contributed by atoms with Gasteiger partial charge in [0.25, 0.3) is 0 Å². The maximum atomic E-state index is 12.4. The molecule has 0 radical (unpaired) electrons. The van der Waals surface area contributed by atoms with Gasteiger partial charge in [-0.15, -0.1) is 0 Å². The summed E-state index contributed by atoms with van der Waals surface area (Å²) in [6, 6.07) is 9.70. The molecule has 1 heterocycles. The zero-order valence-electron chi connectivity index (χ0n) is 12.5. The number of aliphatic carboxylic acids is 1. The highest BCUT2D eigenvalue weighted by Crippen LogP contribution is 2.36. The van der Waals surface area contributed by atoms with Crippen molar-refractivity contribution in [1.29, 1.82) is 0 Å². The molecule has 1 aromatic carbocycles. The Morgan fingerprint density at radius 2 is 1.64 bits per heavy atom. The van der Waals surface area contributed by atoms with Gasteiger partial charge >= 0.3 is 5.97 Å². The van der Waals surface area contributed by atoms with Gasteiger partial charge < -0.3 is 14.7 Å². The van der Waals surface area contributed by atoms with Crippen LogP contribution in [0.4, 0.5) is 0 Å². The molecule has 118 valence electrons. The number of para-hydroxylation sites is 1. The number of carbonyl (C=O) groups is 2. The van der Waals surface area contributed by atoms with Gasteiger partial charge in [-0.3, -0.25) is 9.59 Å². The summed E-state index contributed by atoms with van der Waals surface area (Å²) in [6.45, 7) is 1.30. The lowest BCUT2D eigenvalue weighted by Gasteiger charge is -2.39. The van der Waals surface area contributed by atoms with Crippen molar-refractivity contribution in [1.82, 2.24) is 4.90 Å². The van der Waals surface area contributed by atoms with Crippen LogP contribution in [0.1, 0.15) is 25.7 Å². The van der Waals surface area contributed by atoms with E-state index in [1.54, 1.807) is 0 Å². The van der Waals surface area contributed by atoms with Crippen molar-refractivity contribution in [2.75, 3.05) is 13.1 Å². The molecule has 1 saturated heterocycles. The largest absolute Gasteiger partial charge is 0.490 e. The van der Waals surface area contributed by atoms with E-state index in [-0.39, 0.29) is 17.9 Å². The first-order valence-electron chi connectivity index (χ1n) is 7.88. The minimum absolute atomic E-state index is 0.0109. The number of amides is 1. The molecule has 1 amide bonds. The van der Waals surface area contributed by atoms with Gasteiger partial charge in [-0.25, -0.2) is 0 Å².